The van der Waals surface area contributed by atoms with Crippen molar-refractivity contribution < 1.29 is 9.18 Å². The predicted octanol–water partition coefficient (Wildman–Crippen LogP) is 2.92. The van der Waals surface area contributed by atoms with Gasteiger partial charge in [-0.2, -0.15) is 5.26 Å². The summed E-state index contributed by atoms with van der Waals surface area (Å²) in [6.07, 6.45) is 0.286. The molecule has 0 fully saturated rings. The molecule has 0 atom stereocenters. The van der Waals surface area contributed by atoms with Crippen LogP contribution in [0.4, 0.5) is 4.39 Å². The van der Waals surface area contributed by atoms with Gasteiger partial charge in [0.15, 0.2) is 8.29 Å². The fraction of sp³-hybridized carbons (Fsp3) is 0.231. The average molecular weight is 354 g/mol. The molecule has 0 saturated carbocycles. The largest absolute Gasteiger partial charge is 0.354 e. The predicted molar refractivity (Wildman–Crippen MR) is 86.2 cm³/mol. The van der Waals surface area contributed by atoms with E-state index in [1.807, 2.05) is 6.07 Å². The maximum absolute atomic E-state index is 12.9. The van der Waals surface area contributed by atoms with Crippen LogP contribution >= 0.6 is 35.3 Å². The minimum Gasteiger partial charge on any atom is -0.354 e. The lowest BCUT2D eigenvalue weighted by atomic mass is 10.3. The minimum atomic E-state index is -0.325. The zero-order valence-electron chi connectivity index (χ0n) is 11.3. The van der Waals surface area contributed by atoms with Crippen LogP contribution in [0.3, 0.4) is 0 Å². The summed E-state index contributed by atoms with van der Waals surface area (Å²) in [5.74, 6) is -0.277. The van der Waals surface area contributed by atoms with E-state index in [9.17, 15) is 9.18 Å². The van der Waals surface area contributed by atoms with E-state index in [0.717, 1.165) is 0 Å². The van der Waals surface area contributed by atoms with E-state index in [0.29, 0.717) is 20.5 Å². The Balaban J connectivity index is 1.98. The van der Waals surface area contributed by atoms with E-state index >= 15 is 0 Å². The van der Waals surface area contributed by atoms with Crippen molar-refractivity contribution in [3.63, 3.8) is 0 Å². The summed E-state index contributed by atoms with van der Waals surface area (Å²) in [4.78, 5) is 11.6. The van der Waals surface area contributed by atoms with Crippen molar-refractivity contribution in [1.82, 2.24) is 15.1 Å². The van der Waals surface area contributed by atoms with Crippen LogP contribution in [-0.4, -0.2) is 28.0 Å². The smallest absolute Gasteiger partial charge is 0.230 e. The van der Waals surface area contributed by atoms with Gasteiger partial charge < -0.3 is 5.32 Å². The Morgan fingerprint density at radius 1 is 1.50 bits per heavy atom. The van der Waals surface area contributed by atoms with Crippen LogP contribution in [0.5, 0.6) is 0 Å². The molecule has 1 heterocycles. The van der Waals surface area contributed by atoms with Crippen molar-refractivity contribution in [2.75, 3.05) is 12.3 Å². The molecule has 114 valence electrons. The average Bonchev–Trinajstić information content (AvgIpc) is 2.87. The van der Waals surface area contributed by atoms with E-state index < -0.39 is 0 Å². The number of benzene rings is 1. The number of aromatic nitrogens is 2. The third kappa shape index (κ3) is 4.62. The Labute approximate surface area is 139 Å². The standard InChI is InChI=1S/C13H11FN4OS3/c14-9-2-4-10(5-3-9)18-13(20)22-12(17-18)21-8-11(19)16-7-1-6-15/h2-5H,1,7-8H2,(H,16,19). The van der Waals surface area contributed by atoms with Gasteiger partial charge >= 0.3 is 0 Å². The van der Waals surface area contributed by atoms with Crippen molar-refractivity contribution in [2.24, 2.45) is 0 Å². The lowest BCUT2D eigenvalue weighted by Crippen LogP contribution is -2.25. The van der Waals surface area contributed by atoms with Gasteiger partial charge in [0.2, 0.25) is 5.91 Å². The second-order valence-electron chi connectivity index (χ2n) is 4.07. The number of nitriles is 1. The summed E-state index contributed by atoms with van der Waals surface area (Å²) in [6, 6.07) is 7.81. The van der Waals surface area contributed by atoms with E-state index in [4.69, 9.17) is 17.5 Å². The van der Waals surface area contributed by atoms with Crippen LogP contribution in [0.2, 0.25) is 0 Å². The number of carbonyl (C=O) groups excluding carboxylic acids is 1. The van der Waals surface area contributed by atoms with Crippen molar-refractivity contribution in [1.29, 1.82) is 5.26 Å². The summed E-state index contributed by atoms with van der Waals surface area (Å²) < 4.78 is 15.6. The Morgan fingerprint density at radius 3 is 2.91 bits per heavy atom. The number of thioether (sulfide) groups is 1. The van der Waals surface area contributed by atoms with Gasteiger partial charge in [-0.3, -0.25) is 4.79 Å². The minimum absolute atomic E-state index is 0.158. The first-order valence-electron chi connectivity index (χ1n) is 6.22. The van der Waals surface area contributed by atoms with Gasteiger partial charge in [-0.15, -0.1) is 5.10 Å². The fourth-order valence-electron chi connectivity index (χ4n) is 1.50. The van der Waals surface area contributed by atoms with Crippen LogP contribution in [0.15, 0.2) is 28.6 Å². The maximum atomic E-state index is 12.9. The first-order valence-corrected chi connectivity index (χ1v) is 8.44. The molecule has 1 aromatic carbocycles. The summed E-state index contributed by atoms with van der Waals surface area (Å²) in [6.45, 7) is 0.343. The first kappa shape index (κ1) is 16.6. The molecule has 5 nitrogen and oxygen atoms in total. The zero-order valence-corrected chi connectivity index (χ0v) is 13.7. The van der Waals surface area contributed by atoms with Gasteiger partial charge in [0, 0.05) is 6.54 Å². The molecule has 1 N–H and O–H groups in total. The molecule has 1 amide bonds. The number of nitrogens with one attached hydrogen (secondary N) is 1. The Morgan fingerprint density at radius 2 is 2.23 bits per heavy atom. The molecule has 0 radical (unpaired) electrons. The molecule has 0 aliphatic carbocycles. The molecule has 1 aromatic heterocycles. The van der Waals surface area contributed by atoms with Crippen LogP contribution in [-0.2, 0) is 4.79 Å². The second-order valence-corrected chi connectivity index (χ2v) is 6.91. The topological polar surface area (TPSA) is 70.7 Å². The second kappa shape index (κ2) is 8.03. The quantitative estimate of drug-likeness (QED) is 0.491. The van der Waals surface area contributed by atoms with Crippen LogP contribution in [0, 0.1) is 21.1 Å². The van der Waals surface area contributed by atoms with E-state index in [2.05, 4.69) is 10.4 Å². The number of rotatable bonds is 6. The molecule has 2 aromatic rings. The number of nitrogens with zero attached hydrogens (tertiary/aromatic N) is 3. The van der Waals surface area contributed by atoms with Crippen molar-refractivity contribution >= 4 is 41.2 Å². The van der Waals surface area contributed by atoms with Crippen molar-refractivity contribution in [3.8, 4) is 11.8 Å². The van der Waals surface area contributed by atoms with E-state index in [-0.39, 0.29) is 23.9 Å². The molecule has 0 aliphatic heterocycles. The number of halogens is 1. The highest BCUT2D eigenvalue weighted by Crippen LogP contribution is 2.23. The third-order valence-electron chi connectivity index (χ3n) is 2.49. The van der Waals surface area contributed by atoms with Gasteiger partial charge in [-0.1, -0.05) is 23.1 Å². The molecule has 0 saturated heterocycles. The molecule has 0 aliphatic rings. The monoisotopic (exact) mass is 354 g/mol. The van der Waals surface area contributed by atoms with Crippen LogP contribution in [0.25, 0.3) is 5.69 Å². The summed E-state index contributed by atoms with van der Waals surface area (Å²) in [7, 11) is 0. The van der Waals surface area contributed by atoms with Crippen LogP contribution in [0.1, 0.15) is 6.42 Å². The SMILES string of the molecule is N#CCCNC(=O)CSc1nn(-c2ccc(F)cc2)c(=S)s1. The van der Waals surface area contributed by atoms with Crippen molar-refractivity contribution in [2.45, 2.75) is 10.8 Å². The highest BCUT2D eigenvalue weighted by Gasteiger charge is 2.09. The Bertz CT molecular complexity index is 748. The summed E-state index contributed by atoms with van der Waals surface area (Å²) >= 11 is 7.79. The summed E-state index contributed by atoms with van der Waals surface area (Å²) in [5.41, 5.74) is 0.674. The molecule has 0 spiro atoms. The van der Waals surface area contributed by atoms with Gasteiger partial charge in [0.05, 0.1) is 23.9 Å². The molecule has 9 heteroatoms. The highest BCUT2D eigenvalue weighted by atomic mass is 32.2. The lowest BCUT2D eigenvalue weighted by Gasteiger charge is -2.01. The molecular weight excluding hydrogens is 343 g/mol. The van der Waals surface area contributed by atoms with Crippen LogP contribution < -0.4 is 5.32 Å². The van der Waals surface area contributed by atoms with Crippen molar-refractivity contribution in [3.05, 3.63) is 34.0 Å². The van der Waals surface area contributed by atoms with E-state index in [1.54, 1.807) is 12.1 Å². The first-order chi connectivity index (χ1) is 10.6. The van der Waals surface area contributed by atoms with Gasteiger partial charge in [-0.05, 0) is 36.5 Å². The van der Waals surface area contributed by atoms with Gasteiger partial charge in [0.1, 0.15) is 5.82 Å². The van der Waals surface area contributed by atoms with Gasteiger partial charge in [0.25, 0.3) is 0 Å². The Hall–Kier alpha value is -1.76. The van der Waals surface area contributed by atoms with Gasteiger partial charge in [-0.25, -0.2) is 9.07 Å². The molecule has 0 bridgehead atoms. The molecule has 2 rings (SSSR count). The maximum Gasteiger partial charge on any atom is 0.230 e. The zero-order chi connectivity index (χ0) is 15.9. The number of amides is 1. The number of carbonyl (C=O) groups is 1. The Kier molecular flexibility index (Phi) is 6.06. The van der Waals surface area contributed by atoms with E-state index in [1.165, 1.54) is 39.9 Å². The normalized spacial score (nSPS) is 10.2. The highest BCUT2D eigenvalue weighted by molar-refractivity contribution is 8.01. The number of hydrogen-bond acceptors (Lipinski definition) is 6. The number of hydrogen-bond donors (Lipinski definition) is 1. The summed E-state index contributed by atoms with van der Waals surface area (Å²) in [5, 5.41) is 15.3. The molecule has 0 unspecified atom stereocenters. The lowest BCUT2D eigenvalue weighted by molar-refractivity contribution is -0.118. The molecule has 22 heavy (non-hydrogen) atoms. The fourth-order valence-corrected chi connectivity index (χ4v) is 3.69. The molecular formula is C13H11FN4OS3. The third-order valence-corrected chi connectivity index (χ3v) is 4.85.